The van der Waals surface area contributed by atoms with E-state index in [0.29, 0.717) is 17.0 Å². The number of hydrogen-bond donors (Lipinski definition) is 3. The molecule has 2 rings (SSSR count). The van der Waals surface area contributed by atoms with Gasteiger partial charge in [-0.25, -0.2) is 0 Å². The number of phenolic OH excluding ortho intramolecular Hbond substituents is 1. The Bertz CT molecular complexity index is 758. The van der Waals surface area contributed by atoms with Crippen molar-refractivity contribution in [3.8, 4) is 11.5 Å². The highest BCUT2D eigenvalue weighted by atomic mass is 16.5. The number of aromatic hydroxyl groups is 1. The lowest BCUT2D eigenvalue weighted by atomic mass is 10.1. The van der Waals surface area contributed by atoms with Gasteiger partial charge in [0.15, 0.2) is 0 Å². The van der Waals surface area contributed by atoms with E-state index in [1.807, 2.05) is 13.0 Å². The zero-order valence-electron chi connectivity index (χ0n) is 13.8. The summed E-state index contributed by atoms with van der Waals surface area (Å²) in [6.07, 6.45) is 0. The molecule has 0 aliphatic heterocycles. The average Bonchev–Trinajstić information content (AvgIpc) is 2.55. The molecule has 0 heterocycles. The number of amides is 2. The Balaban J connectivity index is 2.04. The lowest BCUT2D eigenvalue weighted by Crippen LogP contribution is -2.36. The average molecular weight is 328 g/mol. The number of carbonyl (C=O) groups is 2. The van der Waals surface area contributed by atoms with Gasteiger partial charge in [0.1, 0.15) is 11.5 Å². The Labute approximate surface area is 140 Å². The maximum atomic E-state index is 12.0. The van der Waals surface area contributed by atoms with Gasteiger partial charge >= 0.3 is 11.8 Å². The fourth-order valence-electron chi connectivity index (χ4n) is 2.26. The van der Waals surface area contributed by atoms with Gasteiger partial charge < -0.3 is 20.5 Å². The third kappa shape index (κ3) is 4.25. The normalized spacial score (nSPS) is 11.5. The summed E-state index contributed by atoms with van der Waals surface area (Å²) >= 11 is 0. The molecule has 0 spiro atoms. The number of nitrogens with one attached hydrogen (secondary N) is 2. The number of aryl methyl sites for hydroxylation is 1. The first kappa shape index (κ1) is 17.3. The van der Waals surface area contributed by atoms with Crippen LogP contribution < -0.4 is 15.4 Å². The first-order chi connectivity index (χ1) is 11.4. The molecular weight excluding hydrogens is 308 g/mol. The second kappa shape index (κ2) is 7.50. The van der Waals surface area contributed by atoms with Crippen LogP contribution in [0.25, 0.3) is 0 Å². The molecule has 2 amide bonds. The van der Waals surface area contributed by atoms with Gasteiger partial charge in [0, 0.05) is 11.3 Å². The Morgan fingerprint density at radius 2 is 1.88 bits per heavy atom. The second-order valence-corrected chi connectivity index (χ2v) is 5.44. The summed E-state index contributed by atoms with van der Waals surface area (Å²) in [4.78, 5) is 24.0. The largest absolute Gasteiger partial charge is 0.508 e. The molecule has 3 N–H and O–H groups in total. The van der Waals surface area contributed by atoms with Gasteiger partial charge in [-0.3, -0.25) is 9.59 Å². The first-order valence-electron chi connectivity index (χ1n) is 7.46. The number of carbonyl (C=O) groups excluding carboxylic acids is 2. The molecule has 0 radical (unpaired) electrons. The van der Waals surface area contributed by atoms with E-state index >= 15 is 0 Å². The van der Waals surface area contributed by atoms with Gasteiger partial charge in [-0.1, -0.05) is 12.1 Å². The second-order valence-electron chi connectivity index (χ2n) is 5.44. The summed E-state index contributed by atoms with van der Waals surface area (Å²) < 4.78 is 5.10. The van der Waals surface area contributed by atoms with Crippen LogP contribution in [0.1, 0.15) is 24.1 Å². The van der Waals surface area contributed by atoms with E-state index in [1.54, 1.807) is 37.3 Å². The molecule has 1 atom stereocenters. The highest BCUT2D eigenvalue weighted by Crippen LogP contribution is 2.28. The lowest BCUT2D eigenvalue weighted by Gasteiger charge is -2.16. The van der Waals surface area contributed by atoms with Crippen molar-refractivity contribution in [3.63, 3.8) is 0 Å². The van der Waals surface area contributed by atoms with Crippen LogP contribution in [-0.4, -0.2) is 24.0 Å². The van der Waals surface area contributed by atoms with Gasteiger partial charge in [0.05, 0.1) is 13.2 Å². The van der Waals surface area contributed by atoms with Crippen molar-refractivity contribution in [2.45, 2.75) is 19.9 Å². The lowest BCUT2D eigenvalue weighted by molar-refractivity contribution is -0.136. The summed E-state index contributed by atoms with van der Waals surface area (Å²) in [5.74, 6) is -0.989. The maximum Gasteiger partial charge on any atom is 0.313 e. The predicted octanol–water partition coefficient (Wildman–Crippen LogP) is 2.53. The van der Waals surface area contributed by atoms with Crippen LogP contribution in [-0.2, 0) is 9.59 Å². The minimum atomic E-state index is -0.786. The number of hydrogen-bond acceptors (Lipinski definition) is 4. The summed E-state index contributed by atoms with van der Waals surface area (Å²) in [5, 5.41) is 15.0. The van der Waals surface area contributed by atoms with Crippen molar-refractivity contribution in [1.82, 2.24) is 5.32 Å². The molecule has 0 bridgehead atoms. The summed E-state index contributed by atoms with van der Waals surface area (Å²) in [6, 6.07) is 11.3. The SMILES string of the molecule is COc1ccc(O)c(C(C)NC(=O)C(=O)Nc2cccc(C)c2)c1. The molecule has 2 aromatic carbocycles. The molecule has 0 saturated carbocycles. The number of methoxy groups -OCH3 is 1. The van der Waals surface area contributed by atoms with Crippen molar-refractivity contribution in [2.75, 3.05) is 12.4 Å². The highest BCUT2D eigenvalue weighted by molar-refractivity contribution is 6.39. The third-order valence-corrected chi connectivity index (χ3v) is 3.53. The fourth-order valence-corrected chi connectivity index (χ4v) is 2.26. The highest BCUT2D eigenvalue weighted by Gasteiger charge is 2.19. The van der Waals surface area contributed by atoms with Gasteiger partial charge in [-0.15, -0.1) is 0 Å². The minimum Gasteiger partial charge on any atom is -0.508 e. The van der Waals surface area contributed by atoms with Crippen LogP contribution in [0.5, 0.6) is 11.5 Å². The summed E-state index contributed by atoms with van der Waals surface area (Å²) in [7, 11) is 1.51. The van der Waals surface area contributed by atoms with E-state index in [2.05, 4.69) is 10.6 Å². The molecule has 0 aliphatic rings. The van der Waals surface area contributed by atoms with Crippen molar-refractivity contribution in [3.05, 3.63) is 53.6 Å². The zero-order chi connectivity index (χ0) is 17.7. The van der Waals surface area contributed by atoms with E-state index in [-0.39, 0.29) is 5.75 Å². The quantitative estimate of drug-likeness (QED) is 0.753. The van der Waals surface area contributed by atoms with E-state index in [1.165, 1.54) is 13.2 Å². The molecule has 2 aromatic rings. The van der Waals surface area contributed by atoms with Gasteiger partial charge in [0.25, 0.3) is 0 Å². The first-order valence-corrected chi connectivity index (χ1v) is 7.46. The predicted molar refractivity (Wildman–Crippen MR) is 91.0 cm³/mol. The zero-order valence-corrected chi connectivity index (χ0v) is 13.8. The fraction of sp³-hybridized carbons (Fsp3) is 0.222. The minimum absolute atomic E-state index is 0.0164. The summed E-state index contributed by atoms with van der Waals surface area (Å²) in [6.45, 7) is 3.57. The molecule has 0 aliphatic carbocycles. The van der Waals surface area contributed by atoms with Crippen LogP contribution in [0.2, 0.25) is 0 Å². The molecular formula is C18H20N2O4. The van der Waals surface area contributed by atoms with Crippen LogP contribution >= 0.6 is 0 Å². The standard InChI is InChI=1S/C18H20N2O4/c1-11-5-4-6-13(9-11)20-18(23)17(22)19-12(2)15-10-14(24-3)7-8-16(15)21/h4-10,12,21H,1-3H3,(H,19,22)(H,20,23). The van der Waals surface area contributed by atoms with E-state index < -0.39 is 17.9 Å². The number of ether oxygens (including phenoxy) is 1. The monoisotopic (exact) mass is 328 g/mol. The van der Waals surface area contributed by atoms with Gasteiger partial charge in [0.2, 0.25) is 0 Å². The number of benzene rings is 2. The van der Waals surface area contributed by atoms with E-state index in [0.717, 1.165) is 5.56 Å². The van der Waals surface area contributed by atoms with Crippen molar-refractivity contribution < 1.29 is 19.4 Å². The number of phenols is 1. The Kier molecular flexibility index (Phi) is 5.42. The Hall–Kier alpha value is -3.02. The Morgan fingerprint density at radius 3 is 2.54 bits per heavy atom. The van der Waals surface area contributed by atoms with Crippen molar-refractivity contribution in [2.24, 2.45) is 0 Å². The molecule has 24 heavy (non-hydrogen) atoms. The maximum absolute atomic E-state index is 12.0. The van der Waals surface area contributed by atoms with Crippen molar-refractivity contribution >= 4 is 17.5 Å². The van der Waals surface area contributed by atoms with E-state index in [9.17, 15) is 14.7 Å². The third-order valence-electron chi connectivity index (χ3n) is 3.53. The smallest absolute Gasteiger partial charge is 0.313 e. The van der Waals surface area contributed by atoms with Crippen LogP contribution in [0.15, 0.2) is 42.5 Å². The summed E-state index contributed by atoms with van der Waals surface area (Å²) in [5.41, 5.74) is 1.99. The van der Waals surface area contributed by atoms with Crippen LogP contribution in [0.4, 0.5) is 5.69 Å². The number of rotatable bonds is 4. The van der Waals surface area contributed by atoms with Crippen molar-refractivity contribution in [1.29, 1.82) is 0 Å². The Morgan fingerprint density at radius 1 is 1.12 bits per heavy atom. The molecule has 1 unspecified atom stereocenters. The number of anilines is 1. The molecule has 6 heteroatoms. The topological polar surface area (TPSA) is 87.7 Å². The molecule has 126 valence electrons. The van der Waals surface area contributed by atoms with Gasteiger partial charge in [-0.2, -0.15) is 0 Å². The van der Waals surface area contributed by atoms with E-state index in [4.69, 9.17) is 4.74 Å². The van der Waals surface area contributed by atoms with Crippen LogP contribution in [0, 0.1) is 6.92 Å². The molecule has 0 saturated heterocycles. The molecule has 6 nitrogen and oxygen atoms in total. The van der Waals surface area contributed by atoms with Gasteiger partial charge in [-0.05, 0) is 49.7 Å². The van der Waals surface area contributed by atoms with Crippen LogP contribution in [0.3, 0.4) is 0 Å². The molecule has 0 fully saturated rings. The molecule has 0 aromatic heterocycles.